The van der Waals surface area contributed by atoms with Gasteiger partial charge in [-0.25, -0.2) is 8.78 Å². The van der Waals surface area contributed by atoms with E-state index in [0.29, 0.717) is 43.0 Å². The Hall–Kier alpha value is -2.41. The van der Waals surface area contributed by atoms with Gasteiger partial charge in [0, 0.05) is 29.2 Å². The van der Waals surface area contributed by atoms with E-state index in [1.807, 2.05) is 0 Å². The molecule has 0 radical (unpaired) electrons. The van der Waals surface area contributed by atoms with Crippen molar-refractivity contribution >= 4 is 29.1 Å². The number of benzene rings is 2. The molecule has 1 fully saturated rings. The van der Waals surface area contributed by atoms with Crippen LogP contribution in [0.2, 0.25) is 10.0 Å². The fourth-order valence-corrected chi connectivity index (χ4v) is 3.60. The van der Waals surface area contributed by atoms with Crippen molar-refractivity contribution in [2.24, 2.45) is 0 Å². The summed E-state index contributed by atoms with van der Waals surface area (Å²) in [4.78, 5) is 14.5. The third-order valence-corrected chi connectivity index (χ3v) is 5.10. The molecule has 8 heteroatoms. The van der Waals surface area contributed by atoms with Gasteiger partial charge in [0.15, 0.2) is 5.76 Å². The van der Waals surface area contributed by atoms with Crippen LogP contribution in [-0.4, -0.2) is 37.1 Å². The SMILES string of the molecule is O=C(c1cc(-c2cc(F)cc(Cl)c2)c(-c2ccc(F)c(Cl)c2)o1)N1CCOCC1. The van der Waals surface area contributed by atoms with E-state index in [9.17, 15) is 13.6 Å². The minimum Gasteiger partial charge on any atom is -0.450 e. The van der Waals surface area contributed by atoms with Gasteiger partial charge in [-0.3, -0.25) is 4.79 Å². The van der Waals surface area contributed by atoms with Gasteiger partial charge in [-0.1, -0.05) is 23.2 Å². The lowest BCUT2D eigenvalue weighted by Crippen LogP contribution is -2.40. The molecule has 0 saturated carbocycles. The number of rotatable bonds is 3. The van der Waals surface area contributed by atoms with Gasteiger partial charge in [-0.05, 0) is 48.0 Å². The highest BCUT2D eigenvalue weighted by Crippen LogP contribution is 2.38. The topological polar surface area (TPSA) is 42.7 Å². The summed E-state index contributed by atoms with van der Waals surface area (Å²) in [5.74, 6) is -1.07. The summed E-state index contributed by atoms with van der Waals surface area (Å²) in [6.07, 6.45) is 0. The van der Waals surface area contributed by atoms with Crippen LogP contribution in [0.3, 0.4) is 0 Å². The van der Waals surface area contributed by atoms with Gasteiger partial charge < -0.3 is 14.1 Å². The smallest absolute Gasteiger partial charge is 0.289 e. The Morgan fingerprint density at radius 1 is 0.966 bits per heavy atom. The highest BCUT2D eigenvalue weighted by Gasteiger charge is 2.25. The molecule has 0 unspecified atom stereocenters. The normalized spacial score (nSPS) is 14.3. The molecule has 1 saturated heterocycles. The highest BCUT2D eigenvalue weighted by atomic mass is 35.5. The molecule has 0 aliphatic carbocycles. The predicted molar refractivity (Wildman–Crippen MR) is 106 cm³/mol. The molecule has 0 spiro atoms. The van der Waals surface area contributed by atoms with Crippen LogP contribution in [0.1, 0.15) is 10.6 Å². The fourth-order valence-electron chi connectivity index (χ4n) is 3.19. The minimum atomic E-state index is -0.582. The van der Waals surface area contributed by atoms with Crippen molar-refractivity contribution in [1.29, 1.82) is 0 Å². The molecular formula is C21H15Cl2F2NO3. The number of halogens is 4. The Morgan fingerprint density at radius 2 is 1.72 bits per heavy atom. The second-order valence-corrected chi connectivity index (χ2v) is 7.39. The predicted octanol–water partition coefficient (Wildman–Crippen LogP) is 5.67. The molecule has 1 aliphatic rings. The van der Waals surface area contributed by atoms with E-state index in [1.54, 1.807) is 11.0 Å². The van der Waals surface area contributed by atoms with E-state index >= 15 is 0 Å². The second-order valence-electron chi connectivity index (χ2n) is 6.55. The Kier molecular flexibility index (Phi) is 5.58. The van der Waals surface area contributed by atoms with Crippen LogP contribution in [0.4, 0.5) is 8.78 Å². The third-order valence-electron chi connectivity index (χ3n) is 4.60. The van der Waals surface area contributed by atoms with Crippen molar-refractivity contribution in [3.05, 3.63) is 69.9 Å². The third kappa shape index (κ3) is 4.15. The molecule has 150 valence electrons. The average molecular weight is 438 g/mol. The van der Waals surface area contributed by atoms with Crippen molar-refractivity contribution in [2.45, 2.75) is 0 Å². The van der Waals surface area contributed by atoms with Gasteiger partial charge in [0.2, 0.25) is 0 Å². The Labute approximate surface area is 175 Å². The maximum Gasteiger partial charge on any atom is 0.289 e. The van der Waals surface area contributed by atoms with Crippen molar-refractivity contribution in [3.8, 4) is 22.5 Å². The van der Waals surface area contributed by atoms with Crippen LogP contribution < -0.4 is 0 Å². The molecule has 3 aromatic rings. The maximum atomic E-state index is 13.9. The Bertz CT molecular complexity index is 1060. The summed E-state index contributed by atoms with van der Waals surface area (Å²) in [6.45, 7) is 1.77. The zero-order valence-corrected chi connectivity index (χ0v) is 16.6. The quantitative estimate of drug-likeness (QED) is 0.529. The lowest BCUT2D eigenvalue weighted by Gasteiger charge is -2.25. The molecule has 0 atom stereocenters. The highest BCUT2D eigenvalue weighted by molar-refractivity contribution is 6.31. The molecule has 1 aliphatic heterocycles. The maximum absolute atomic E-state index is 13.9. The van der Waals surface area contributed by atoms with E-state index in [0.717, 1.165) is 0 Å². The lowest BCUT2D eigenvalue weighted by atomic mass is 10.0. The van der Waals surface area contributed by atoms with Gasteiger partial charge in [0.1, 0.15) is 17.4 Å². The first-order valence-electron chi connectivity index (χ1n) is 8.85. The molecule has 2 heterocycles. The summed E-state index contributed by atoms with van der Waals surface area (Å²) in [6, 6.07) is 9.64. The number of hydrogen-bond donors (Lipinski definition) is 0. The number of nitrogens with zero attached hydrogens (tertiary/aromatic N) is 1. The largest absolute Gasteiger partial charge is 0.450 e. The molecule has 2 aromatic carbocycles. The summed E-state index contributed by atoms with van der Waals surface area (Å²) in [7, 11) is 0. The number of hydrogen-bond acceptors (Lipinski definition) is 3. The zero-order valence-electron chi connectivity index (χ0n) is 15.1. The standard InChI is InChI=1S/C21H15Cl2F2NO3/c22-14-7-13(8-15(24)10-14)16-11-19(21(27)26-3-5-28-6-4-26)29-20(16)12-1-2-18(25)17(23)9-12/h1-2,7-11H,3-6H2. The first-order chi connectivity index (χ1) is 13.9. The molecule has 0 N–H and O–H groups in total. The number of amides is 1. The zero-order chi connectivity index (χ0) is 20.5. The monoisotopic (exact) mass is 437 g/mol. The van der Waals surface area contributed by atoms with Crippen LogP contribution in [0.5, 0.6) is 0 Å². The molecule has 1 amide bonds. The van der Waals surface area contributed by atoms with Gasteiger partial charge in [-0.2, -0.15) is 0 Å². The first kappa shape index (κ1) is 19.9. The van der Waals surface area contributed by atoms with E-state index in [-0.39, 0.29) is 27.5 Å². The molecular weight excluding hydrogens is 423 g/mol. The summed E-state index contributed by atoms with van der Waals surface area (Å²) < 4.78 is 38.7. The molecule has 4 nitrogen and oxygen atoms in total. The molecule has 29 heavy (non-hydrogen) atoms. The average Bonchev–Trinajstić information content (AvgIpc) is 3.15. The lowest BCUT2D eigenvalue weighted by molar-refractivity contribution is 0.0283. The van der Waals surface area contributed by atoms with Crippen molar-refractivity contribution in [2.75, 3.05) is 26.3 Å². The van der Waals surface area contributed by atoms with Crippen molar-refractivity contribution in [1.82, 2.24) is 4.90 Å². The van der Waals surface area contributed by atoms with E-state index in [2.05, 4.69) is 0 Å². The van der Waals surface area contributed by atoms with Crippen molar-refractivity contribution in [3.63, 3.8) is 0 Å². The first-order valence-corrected chi connectivity index (χ1v) is 9.61. The minimum absolute atomic E-state index is 0.0812. The number of ether oxygens (including phenoxy) is 1. The Morgan fingerprint density at radius 3 is 2.41 bits per heavy atom. The van der Waals surface area contributed by atoms with Gasteiger partial charge >= 0.3 is 0 Å². The van der Waals surface area contributed by atoms with Crippen LogP contribution in [0.25, 0.3) is 22.5 Å². The number of carbonyl (C=O) groups is 1. The fraction of sp³-hybridized carbons (Fsp3) is 0.190. The van der Waals surface area contributed by atoms with E-state index in [4.69, 9.17) is 32.4 Å². The molecule has 4 rings (SSSR count). The molecule has 0 bridgehead atoms. The van der Waals surface area contributed by atoms with Crippen LogP contribution >= 0.6 is 23.2 Å². The summed E-state index contributed by atoms with van der Waals surface area (Å²) >= 11 is 11.9. The second kappa shape index (κ2) is 8.14. The van der Waals surface area contributed by atoms with Crippen LogP contribution in [0, 0.1) is 11.6 Å². The van der Waals surface area contributed by atoms with Crippen molar-refractivity contribution < 1.29 is 22.7 Å². The van der Waals surface area contributed by atoms with E-state index < -0.39 is 11.6 Å². The van der Waals surface area contributed by atoms with Crippen LogP contribution in [-0.2, 0) is 4.74 Å². The van der Waals surface area contributed by atoms with E-state index in [1.165, 1.54) is 36.4 Å². The number of furan rings is 1. The number of morpholine rings is 1. The summed E-state index contributed by atoms with van der Waals surface area (Å²) in [5.41, 5.74) is 1.33. The number of carbonyl (C=O) groups excluding carboxylic acids is 1. The summed E-state index contributed by atoms with van der Waals surface area (Å²) in [5, 5.41) is 0.105. The van der Waals surface area contributed by atoms with Crippen LogP contribution in [0.15, 0.2) is 46.9 Å². The molecule has 1 aromatic heterocycles. The van der Waals surface area contributed by atoms with Gasteiger partial charge in [0.05, 0.1) is 18.2 Å². The van der Waals surface area contributed by atoms with Gasteiger partial charge in [0.25, 0.3) is 5.91 Å². The van der Waals surface area contributed by atoms with Gasteiger partial charge in [-0.15, -0.1) is 0 Å². The Balaban J connectivity index is 1.84.